The van der Waals surface area contributed by atoms with Crippen molar-refractivity contribution in [1.29, 1.82) is 0 Å². The Hall–Kier alpha value is -1.35. The molecule has 0 spiro atoms. The Morgan fingerprint density at radius 3 is 2.86 bits per heavy atom. The second kappa shape index (κ2) is 3.42. The van der Waals surface area contributed by atoms with E-state index in [0.29, 0.717) is 13.0 Å². The average Bonchev–Trinajstić information content (AvgIpc) is 2.56. The van der Waals surface area contributed by atoms with Gasteiger partial charge in [-0.25, -0.2) is 4.98 Å². The maximum absolute atomic E-state index is 5.63. The number of hydrogen-bond acceptors (Lipinski definition) is 3. The molecule has 0 atom stereocenters. The van der Waals surface area contributed by atoms with Crippen molar-refractivity contribution in [1.82, 2.24) is 4.98 Å². The number of aromatic nitrogens is 1. The quantitative estimate of drug-likeness (QED) is 0.787. The number of oxazole rings is 1. The molecule has 0 aliphatic rings. The van der Waals surface area contributed by atoms with E-state index in [1.54, 1.807) is 0 Å². The number of aryl methyl sites for hydroxylation is 2. The number of rotatable bonds is 2. The molecule has 0 unspecified atom stereocenters. The van der Waals surface area contributed by atoms with Crippen LogP contribution < -0.4 is 5.73 Å². The lowest BCUT2D eigenvalue weighted by Crippen LogP contribution is -2.02. The van der Waals surface area contributed by atoms with Gasteiger partial charge in [0.2, 0.25) is 0 Å². The molecular formula is C11H14N2O. The lowest BCUT2D eigenvalue weighted by Gasteiger charge is -1.97. The highest BCUT2D eigenvalue weighted by Crippen LogP contribution is 2.22. The van der Waals surface area contributed by atoms with Gasteiger partial charge in [-0.15, -0.1) is 0 Å². The normalized spacial score (nSPS) is 11.1. The van der Waals surface area contributed by atoms with Gasteiger partial charge in [-0.3, -0.25) is 0 Å². The molecule has 3 heteroatoms. The van der Waals surface area contributed by atoms with Gasteiger partial charge in [0.05, 0.1) is 0 Å². The third-order valence-corrected chi connectivity index (χ3v) is 2.48. The lowest BCUT2D eigenvalue weighted by molar-refractivity contribution is 0.529. The molecule has 14 heavy (non-hydrogen) atoms. The molecule has 3 nitrogen and oxygen atoms in total. The Morgan fingerprint density at radius 2 is 2.14 bits per heavy atom. The predicted octanol–water partition coefficient (Wildman–Crippen LogP) is 1.95. The molecular weight excluding hydrogens is 176 g/mol. The second-order valence-corrected chi connectivity index (χ2v) is 3.50. The van der Waals surface area contributed by atoms with Crippen LogP contribution in [0.2, 0.25) is 0 Å². The van der Waals surface area contributed by atoms with Crippen LogP contribution >= 0.6 is 0 Å². The molecule has 0 saturated carbocycles. The van der Waals surface area contributed by atoms with Gasteiger partial charge in [0.15, 0.2) is 11.5 Å². The Labute approximate surface area is 82.9 Å². The monoisotopic (exact) mass is 190 g/mol. The van der Waals surface area contributed by atoms with Gasteiger partial charge in [-0.05, 0) is 31.0 Å². The fourth-order valence-corrected chi connectivity index (χ4v) is 1.50. The molecule has 0 radical (unpaired) electrons. The van der Waals surface area contributed by atoms with Crippen molar-refractivity contribution in [2.75, 3.05) is 6.54 Å². The van der Waals surface area contributed by atoms with Crippen molar-refractivity contribution in [2.45, 2.75) is 20.3 Å². The van der Waals surface area contributed by atoms with Crippen LogP contribution in [0, 0.1) is 13.8 Å². The van der Waals surface area contributed by atoms with Gasteiger partial charge in [0, 0.05) is 13.0 Å². The summed E-state index contributed by atoms with van der Waals surface area (Å²) in [6.45, 7) is 4.69. The van der Waals surface area contributed by atoms with E-state index in [0.717, 1.165) is 17.0 Å². The summed E-state index contributed by atoms with van der Waals surface area (Å²) in [5, 5.41) is 0. The maximum Gasteiger partial charge on any atom is 0.196 e. The first-order valence-corrected chi connectivity index (χ1v) is 4.78. The number of fused-ring (bicyclic) bond motifs is 1. The van der Waals surface area contributed by atoms with E-state index in [4.69, 9.17) is 10.2 Å². The molecule has 0 saturated heterocycles. The van der Waals surface area contributed by atoms with E-state index in [1.807, 2.05) is 6.07 Å². The highest BCUT2D eigenvalue weighted by Gasteiger charge is 2.08. The predicted molar refractivity (Wildman–Crippen MR) is 56.2 cm³/mol. The summed E-state index contributed by atoms with van der Waals surface area (Å²) in [6, 6.07) is 4.05. The van der Waals surface area contributed by atoms with Gasteiger partial charge in [-0.1, -0.05) is 6.07 Å². The van der Waals surface area contributed by atoms with Crippen molar-refractivity contribution in [2.24, 2.45) is 5.73 Å². The third-order valence-electron chi connectivity index (χ3n) is 2.48. The van der Waals surface area contributed by atoms with E-state index < -0.39 is 0 Å². The van der Waals surface area contributed by atoms with Gasteiger partial charge >= 0.3 is 0 Å². The standard InChI is InChI=1S/C11H14N2O/c1-7-3-4-9-11(8(7)2)14-10(13-9)5-6-12/h3-4H,5-6,12H2,1-2H3. The van der Waals surface area contributed by atoms with E-state index in [2.05, 4.69) is 24.9 Å². The molecule has 1 heterocycles. The molecule has 0 fully saturated rings. The van der Waals surface area contributed by atoms with Crippen LogP contribution in [0.4, 0.5) is 0 Å². The second-order valence-electron chi connectivity index (χ2n) is 3.50. The van der Waals surface area contributed by atoms with Crippen LogP contribution in [0.25, 0.3) is 11.1 Å². The molecule has 0 amide bonds. The van der Waals surface area contributed by atoms with Gasteiger partial charge in [-0.2, -0.15) is 0 Å². The number of nitrogens with zero attached hydrogens (tertiary/aromatic N) is 1. The minimum atomic E-state index is 0.574. The molecule has 1 aromatic heterocycles. The fraction of sp³-hybridized carbons (Fsp3) is 0.364. The molecule has 1 aromatic carbocycles. The first kappa shape index (κ1) is 9.21. The Bertz CT molecular complexity index is 460. The summed E-state index contributed by atoms with van der Waals surface area (Å²) in [6.07, 6.45) is 0.702. The highest BCUT2D eigenvalue weighted by molar-refractivity contribution is 5.77. The fourth-order valence-electron chi connectivity index (χ4n) is 1.50. The molecule has 0 bridgehead atoms. The summed E-state index contributed by atoms with van der Waals surface area (Å²) in [7, 11) is 0. The molecule has 2 rings (SSSR count). The smallest absolute Gasteiger partial charge is 0.196 e. The Morgan fingerprint density at radius 1 is 1.36 bits per heavy atom. The molecule has 74 valence electrons. The van der Waals surface area contributed by atoms with Crippen LogP contribution in [0.1, 0.15) is 17.0 Å². The van der Waals surface area contributed by atoms with Crippen molar-refractivity contribution in [3.05, 3.63) is 29.2 Å². The Balaban J connectivity index is 2.59. The zero-order valence-corrected chi connectivity index (χ0v) is 8.50. The highest BCUT2D eigenvalue weighted by atomic mass is 16.3. The third kappa shape index (κ3) is 1.40. The summed E-state index contributed by atoms with van der Waals surface area (Å²) in [5.41, 5.74) is 9.67. The maximum atomic E-state index is 5.63. The lowest BCUT2D eigenvalue weighted by atomic mass is 10.1. The Kier molecular flexibility index (Phi) is 2.25. The summed E-state index contributed by atoms with van der Waals surface area (Å²) in [5.74, 6) is 0.733. The van der Waals surface area contributed by atoms with Gasteiger partial charge in [0.1, 0.15) is 5.52 Å². The average molecular weight is 190 g/mol. The van der Waals surface area contributed by atoms with Crippen LogP contribution in [0.15, 0.2) is 16.5 Å². The van der Waals surface area contributed by atoms with E-state index in [-0.39, 0.29) is 0 Å². The van der Waals surface area contributed by atoms with Gasteiger partial charge in [0.25, 0.3) is 0 Å². The van der Waals surface area contributed by atoms with Crippen molar-refractivity contribution in [3.63, 3.8) is 0 Å². The minimum Gasteiger partial charge on any atom is -0.440 e. The van der Waals surface area contributed by atoms with Crippen LogP contribution in [0.5, 0.6) is 0 Å². The number of benzene rings is 1. The van der Waals surface area contributed by atoms with Crippen LogP contribution in [-0.2, 0) is 6.42 Å². The van der Waals surface area contributed by atoms with Crippen molar-refractivity contribution < 1.29 is 4.42 Å². The molecule has 0 aliphatic carbocycles. The van der Waals surface area contributed by atoms with E-state index in [1.165, 1.54) is 11.1 Å². The number of hydrogen-bond donors (Lipinski definition) is 1. The summed E-state index contributed by atoms with van der Waals surface area (Å²) < 4.78 is 5.63. The minimum absolute atomic E-state index is 0.574. The molecule has 2 aromatic rings. The zero-order chi connectivity index (χ0) is 10.1. The van der Waals surface area contributed by atoms with E-state index >= 15 is 0 Å². The molecule has 2 N–H and O–H groups in total. The number of nitrogens with two attached hydrogens (primary N) is 1. The SMILES string of the molecule is Cc1ccc2nc(CCN)oc2c1C. The van der Waals surface area contributed by atoms with Crippen LogP contribution in [-0.4, -0.2) is 11.5 Å². The largest absolute Gasteiger partial charge is 0.440 e. The van der Waals surface area contributed by atoms with Crippen molar-refractivity contribution in [3.8, 4) is 0 Å². The molecule has 0 aliphatic heterocycles. The summed E-state index contributed by atoms with van der Waals surface area (Å²) in [4.78, 5) is 4.36. The zero-order valence-electron chi connectivity index (χ0n) is 8.50. The first-order valence-electron chi connectivity index (χ1n) is 4.78. The van der Waals surface area contributed by atoms with E-state index in [9.17, 15) is 0 Å². The van der Waals surface area contributed by atoms with Crippen LogP contribution in [0.3, 0.4) is 0 Å². The van der Waals surface area contributed by atoms with Gasteiger partial charge < -0.3 is 10.2 Å². The topological polar surface area (TPSA) is 52.0 Å². The first-order chi connectivity index (χ1) is 6.72. The summed E-state index contributed by atoms with van der Waals surface area (Å²) >= 11 is 0. The van der Waals surface area contributed by atoms with Crippen molar-refractivity contribution >= 4 is 11.1 Å².